The first kappa shape index (κ1) is 18.2. The predicted octanol–water partition coefficient (Wildman–Crippen LogP) is 1.35. The van der Waals surface area contributed by atoms with Crippen LogP contribution in [0.1, 0.15) is 32.1 Å². The quantitative estimate of drug-likeness (QED) is 0.788. The van der Waals surface area contributed by atoms with Crippen LogP contribution < -0.4 is 5.56 Å². The van der Waals surface area contributed by atoms with Crippen molar-refractivity contribution in [2.75, 3.05) is 11.5 Å². The molecule has 2 fully saturated rings. The van der Waals surface area contributed by atoms with Crippen molar-refractivity contribution in [1.29, 1.82) is 0 Å². The average molecular weight is 389 g/mol. The molecule has 1 aromatic carbocycles. The number of sulfone groups is 1. The summed E-state index contributed by atoms with van der Waals surface area (Å²) in [6.45, 7) is -0.107. The van der Waals surface area contributed by atoms with Crippen molar-refractivity contribution in [2.45, 2.75) is 50.7 Å². The van der Waals surface area contributed by atoms with Crippen LogP contribution in [0, 0.1) is 0 Å². The smallest absolute Gasteiger partial charge is 0.261 e. The van der Waals surface area contributed by atoms with Crippen molar-refractivity contribution in [2.24, 2.45) is 0 Å². The molecule has 1 aliphatic heterocycles. The second-order valence-electron chi connectivity index (χ2n) is 7.49. The molecule has 0 radical (unpaired) electrons. The number of benzene rings is 1. The van der Waals surface area contributed by atoms with Gasteiger partial charge >= 0.3 is 0 Å². The third-order valence-corrected chi connectivity index (χ3v) is 7.40. The Kier molecular flexibility index (Phi) is 4.75. The molecule has 1 aromatic heterocycles. The van der Waals surface area contributed by atoms with E-state index in [1.807, 2.05) is 6.07 Å². The standard InChI is InChI=1S/C19H23N3O4S/c23-18(11-21-13-20-17-8-4-3-7-16(17)19(21)24)22(14-5-1-2-6-14)15-9-10-27(25,26)12-15/h3-4,7-8,13-15H,1-2,5-6,9-12H2. The fourth-order valence-corrected chi connectivity index (χ4v) is 6.04. The maximum absolute atomic E-state index is 13.1. The van der Waals surface area contributed by atoms with E-state index in [1.165, 1.54) is 10.9 Å². The molecule has 0 spiro atoms. The molecule has 144 valence electrons. The Morgan fingerprint density at radius 3 is 2.59 bits per heavy atom. The zero-order valence-corrected chi connectivity index (χ0v) is 15.9. The summed E-state index contributed by atoms with van der Waals surface area (Å²) in [5.74, 6) is -0.0330. The Hall–Kier alpha value is -2.22. The molecule has 1 amide bonds. The topological polar surface area (TPSA) is 89.3 Å². The Morgan fingerprint density at radius 2 is 1.89 bits per heavy atom. The molecule has 0 bridgehead atoms. The number of para-hydroxylation sites is 1. The van der Waals surface area contributed by atoms with E-state index in [4.69, 9.17) is 0 Å². The fourth-order valence-electron chi connectivity index (χ4n) is 4.33. The van der Waals surface area contributed by atoms with Crippen molar-refractivity contribution >= 4 is 26.6 Å². The molecule has 1 atom stereocenters. The van der Waals surface area contributed by atoms with Gasteiger partial charge in [0.2, 0.25) is 5.91 Å². The summed E-state index contributed by atoms with van der Waals surface area (Å²) in [4.78, 5) is 31.9. The Bertz CT molecular complexity index is 1020. The number of carbonyl (C=O) groups is 1. The second kappa shape index (κ2) is 7.07. The molecule has 2 aliphatic rings. The first-order valence-corrected chi connectivity index (χ1v) is 11.2. The number of amides is 1. The minimum Gasteiger partial charge on any atom is -0.334 e. The molecule has 1 saturated carbocycles. The van der Waals surface area contributed by atoms with Crippen molar-refractivity contribution in [1.82, 2.24) is 14.5 Å². The minimum absolute atomic E-state index is 0.0279. The lowest BCUT2D eigenvalue weighted by Gasteiger charge is -2.34. The summed E-state index contributed by atoms with van der Waals surface area (Å²) >= 11 is 0. The SMILES string of the molecule is O=C(Cn1cnc2ccccc2c1=O)N(C1CCCC1)C1CCS(=O)(=O)C1. The van der Waals surface area contributed by atoms with Gasteiger partial charge in [-0.05, 0) is 31.4 Å². The highest BCUT2D eigenvalue weighted by Gasteiger charge is 2.39. The highest BCUT2D eigenvalue weighted by molar-refractivity contribution is 7.91. The number of hydrogen-bond acceptors (Lipinski definition) is 5. The van der Waals surface area contributed by atoms with Crippen molar-refractivity contribution < 1.29 is 13.2 Å². The highest BCUT2D eigenvalue weighted by Crippen LogP contribution is 2.29. The monoisotopic (exact) mass is 389 g/mol. The van der Waals surface area contributed by atoms with Gasteiger partial charge in [0.25, 0.3) is 5.56 Å². The van der Waals surface area contributed by atoms with Gasteiger partial charge in [-0.15, -0.1) is 0 Å². The van der Waals surface area contributed by atoms with Gasteiger partial charge in [-0.1, -0.05) is 25.0 Å². The van der Waals surface area contributed by atoms with Crippen LogP contribution >= 0.6 is 0 Å². The Labute approximate surface area is 157 Å². The molecule has 4 rings (SSSR count). The molecule has 0 N–H and O–H groups in total. The molecule has 27 heavy (non-hydrogen) atoms. The molecule has 2 aromatic rings. The van der Waals surface area contributed by atoms with Gasteiger partial charge in [0, 0.05) is 12.1 Å². The normalized spacial score (nSPS) is 22.3. The van der Waals surface area contributed by atoms with E-state index in [9.17, 15) is 18.0 Å². The lowest BCUT2D eigenvalue weighted by Crippen LogP contribution is -2.49. The van der Waals surface area contributed by atoms with Crippen LogP contribution in [0.4, 0.5) is 0 Å². The molecule has 2 heterocycles. The van der Waals surface area contributed by atoms with E-state index in [0.717, 1.165) is 25.7 Å². The minimum atomic E-state index is -3.09. The zero-order chi connectivity index (χ0) is 19.0. The van der Waals surface area contributed by atoms with E-state index < -0.39 is 9.84 Å². The van der Waals surface area contributed by atoms with Crippen LogP contribution in [-0.2, 0) is 21.2 Å². The number of nitrogens with zero attached hydrogens (tertiary/aromatic N) is 3. The van der Waals surface area contributed by atoms with Gasteiger partial charge in [0.05, 0.1) is 28.7 Å². The van der Waals surface area contributed by atoms with Gasteiger partial charge in [-0.2, -0.15) is 0 Å². The van der Waals surface area contributed by atoms with Gasteiger partial charge in [-0.3, -0.25) is 14.2 Å². The molecule has 1 saturated heterocycles. The van der Waals surface area contributed by atoms with Crippen molar-refractivity contribution in [3.05, 3.63) is 40.9 Å². The molecule has 8 heteroatoms. The van der Waals surface area contributed by atoms with E-state index >= 15 is 0 Å². The number of aromatic nitrogens is 2. The fraction of sp³-hybridized carbons (Fsp3) is 0.526. The molecule has 1 unspecified atom stereocenters. The van der Waals surface area contributed by atoms with Gasteiger partial charge in [-0.25, -0.2) is 13.4 Å². The lowest BCUT2D eigenvalue weighted by atomic mass is 10.1. The second-order valence-corrected chi connectivity index (χ2v) is 9.72. The average Bonchev–Trinajstić information content (AvgIpc) is 3.28. The molecule has 7 nitrogen and oxygen atoms in total. The first-order valence-electron chi connectivity index (χ1n) is 9.40. The molecular weight excluding hydrogens is 366 g/mol. The number of fused-ring (bicyclic) bond motifs is 1. The third-order valence-electron chi connectivity index (χ3n) is 5.64. The first-order chi connectivity index (χ1) is 12.9. The molecular formula is C19H23N3O4S. The Morgan fingerprint density at radius 1 is 1.15 bits per heavy atom. The zero-order valence-electron chi connectivity index (χ0n) is 15.1. The predicted molar refractivity (Wildman–Crippen MR) is 102 cm³/mol. The van der Waals surface area contributed by atoms with Crippen LogP contribution in [0.5, 0.6) is 0 Å². The summed E-state index contributed by atoms with van der Waals surface area (Å²) in [7, 11) is -3.09. The summed E-state index contributed by atoms with van der Waals surface area (Å²) in [5.41, 5.74) is 0.347. The van der Waals surface area contributed by atoms with Crippen LogP contribution in [0.15, 0.2) is 35.4 Å². The van der Waals surface area contributed by atoms with Crippen LogP contribution in [0.3, 0.4) is 0 Å². The van der Waals surface area contributed by atoms with Crippen molar-refractivity contribution in [3.8, 4) is 0 Å². The molecule has 1 aliphatic carbocycles. The largest absolute Gasteiger partial charge is 0.334 e. The number of rotatable bonds is 4. The van der Waals surface area contributed by atoms with Gasteiger partial charge in [0.15, 0.2) is 9.84 Å². The summed E-state index contributed by atoms with van der Waals surface area (Å²) in [6.07, 6.45) is 5.77. The number of hydrogen-bond donors (Lipinski definition) is 0. The van der Waals surface area contributed by atoms with Crippen LogP contribution in [-0.4, -0.2) is 52.4 Å². The van der Waals surface area contributed by atoms with E-state index in [2.05, 4.69) is 4.98 Å². The lowest BCUT2D eigenvalue weighted by molar-refractivity contribution is -0.136. The highest BCUT2D eigenvalue weighted by atomic mass is 32.2. The number of carbonyl (C=O) groups excluding carboxylic acids is 1. The third kappa shape index (κ3) is 3.63. The maximum atomic E-state index is 13.1. The van der Waals surface area contributed by atoms with Crippen LogP contribution in [0.25, 0.3) is 10.9 Å². The summed E-state index contributed by atoms with van der Waals surface area (Å²) < 4.78 is 25.2. The van der Waals surface area contributed by atoms with E-state index in [0.29, 0.717) is 17.3 Å². The maximum Gasteiger partial charge on any atom is 0.261 e. The summed E-state index contributed by atoms with van der Waals surface area (Å²) in [6, 6.07) is 6.83. The summed E-state index contributed by atoms with van der Waals surface area (Å²) in [5, 5.41) is 0.476. The van der Waals surface area contributed by atoms with Crippen LogP contribution in [0.2, 0.25) is 0 Å². The van der Waals surface area contributed by atoms with E-state index in [1.54, 1.807) is 23.1 Å². The van der Waals surface area contributed by atoms with Gasteiger partial charge in [0.1, 0.15) is 6.54 Å². The Balaban J connectivity index is 1.62. The van der Waals surface area contributed by atoms with Gasteiger partial charge < -0.3 is 4.90 Å². The van der Waals surface area contributed by atoms with Crippen molar-refractivity contribution in [3.63, 3.8) is 0 Å². The van der Waals surface area contributed by atoms with E-state index in [-0.39, 0.29) is 41.6 Å².